The van der Waals surface area contributed by atoms with Crippen molar-refractivity contribution in [2.45, 2.75) is 51.2 Å². The van der Waals surface area contributed by atoms with Crippen LogP contribution in [0.1, 0.15) is 43.0 Å². The summed E-state index contributed by atoms with van der Waals surface area (Å²) < 4.78 is 2.12. The van der Waals surface area contributed by atoms with Crippen LogP contribution in [0.4, 0.5) is 11.5 Å². The summed E-state index contributed by atoms with van der Waals surface area (Å²) in [4.78, 5) is 14.0. The molecule has 1 saturated carbocycles. The van der Waals surface area contributed by atoms with E-state index in [1.54, 1.807) is 6.33 Å². The quantitative estimate of drug-likeness (QED) is 0.369. The molecule has 10 heteroatoms. The standard InChI is InChI=1S/C27H36N10/c1-18-20(16-32-33-18)15-29-21-5-3-19(4-6-21)25-24-26(28)30-17-31-27(24)37(34-25)23-9-7-22(8-10-23)36-13-11-35(2)12-14-36/h3-6,16-17,22-23,29H,7-15H2,1-2H3,(H,32,33)(H2,28,30,31)/t22-,23-. The van der Waals surface area contributed by atoms with Crippen molar-refractivity contribution in [3.63, 3.8) is 0 Å². The molecule has 0 unspecified atom stereocenters. The molecule has 2 fully saturated rings. The Hall–Kier alpha value is -3.50. The van der Waals surface area contributed by atoms with Crippen LogP contribution >= 0.6 is 0 Å². The summed E-state index contributed by atoms with van der Waals surface area (Å²) >= 11 is 0. The number of nitrogens with one attached hydrogen (secondary N) is 2. The molecule has 37 heavy (non-hydrogen) atoms. The minimum absolute atomic E-state index is 0.327. The minimum Gasteiger partial charge on any atom is -0.383 e. The Morgan fingerprint density at radius 2 is 1.73 bits per heavy atom. The number of H-pyrrole nitrogens is 1. The maximum atomic E-state index is 6.38. The number of likely N-dealkylation sites (N-methyl/N-ethyl adjacent to an activating group) is 1. The Morgan fingerprint density at radius 3 is 2.43 bits per heavy atom. The molecule has 10 nitrogen and oxygen atoms in total. The second-order valence-corrected chi connectivity index (χ2v) is 10.5. The van der Waals surface area contributed by atoms with Gasteiger partial charge in [-0.15, -0.1) is 0 Å². The topological polar surface area (TPSA) is 117 Å². The molecule has 0 radical (unpaired) electrons. The van der Waals surface area contributed by atoms with E-state index in [4.69, 9.17) is 10.8 Å². The maximum Gasteiger partial charge on any atom is 0.164 e. The van der Waals surface area contributed by atoms with E-state index in [9.17, 15) is 0 Å². The number of hydrogen-bond acceptors (Lipinski definition) is 8. The highest BCUT2D eigenvalue weighted by atomic mass is 15.3. The normalized spacial score (nSPS) is 21.5. The van der Waals surface area contributed by atoms with E-state index in [0.29, 0.717) is 17.9 Å². The summed E-state index contributed by atoms with van der Waals surface area (Å²) in [5.74, 6) is 0.481. The summed E-state index contributed by atoms with van der Waals surface area (Å²) in [5, 5.41) is 16.5. The third-order valence-electron chi connectivity index (χ3n) is 8.16. The van der Waals surface area contributed by atoms with Crippen molar-refractivity contribution in [2.24, 2.45) is 0 Å². The van der Waals surface area contributed by atoms with Gasteiger partial charge in [-0.1, -0.05) is 12.1 Å². The number of rotatable bonds is 6. The molecule has 4 aromatic rings. The van der Waals surface area contributed by atoms with Crippen molar-refractivity contribution < 1.29 is 0 Å². The number of anilines is 2. The number of aromatic amines is 1. The number of nitrogens with two attached hydrogens (primary N) is 1. The first-order valence-corrected chi connectivity index (χ1v) is 13.3. The first-order valence-electron chi connectivity index (χ1n) is 13.3. The average molecular weight is 501 g/mol. The highest BCUT2D eigenvalue weighted by molar-refractivity contribution is 5.98. The van der Waals surface area contributed by atoms with Crippen molar-refractivity contribution in [1.29, 1.82) is 0 Å². The molecule has 4 heterocycles. The Balaban J connectivity index is 1.21. The Bertz CT molecular complexity index is 1340. The fraction of sp³-hybridized carbons (Fsp3) is 0.481. The molecule has 1 aliphatic carbocycles. The third kappa shape index (κ3) is 4.78. The number of piperazine rings is 1. The Kier molecular flexibility index (Phi) is 6.52. The predicted molar refractivity (Wildman–Crippen MR) is 146 cm³/mol. The van der Waals surface area contributed by atoms with Crippen LogP contribution in [0, 0.1) is 6.92 Å². The number of nitrogen functional groups attached to an aromatic ring is 1. The largest absolute Gasteiger partial charge is 0.383 e. The molecule has 0 spiro atoms. The Morgan fingerprint density at radius 1 is 1.00 bits per heavy atom. The number of nitrogens with zero attached hydrogens (tertiary/aromatic N) is 7. The van der Waals surface area contributed by atoms with Crippen molar-refractivity contribution in [3.8, 4) is 11.3 Å². The molecule has 1 aliphatic heterocycles. The third-order valence-corrected chi connectivity index (χ3v) is 8.16. The minimum atomic E-state index is 0.327. The molecule has 1 aromatic carbocycles. The molecule has 6 rings (SSSR count). The number of aromatic nitrogens is 6. The van der Waals surface area contributed by atoms with E-state index in [1.807, 2.05) is 13.1 Å². The van der Waals surface area contributed by atoms with Gasteiger partial charge in [-0.05, 0) is 51.8 Å². The van der Waals surface area contributed by atoms with Crippen LogP contribution in [-0.4, -0.2) is 79.0 Å². The van der Waals surface area contributed by atoms with Crippen LogP contribution in [0.5, 0.6) is 0 Å². The van der Waals surface area contributed by atoms with Crippen molar-refractivity contribution >= 4 is 22.5 Å². The number of benzene rings is 1. The SMILES string of the molecule is Cc1[nH]ncc1CNc1ccc(-c2nn([C@H]3CC[C@H](N4CCN(C)CC4)CC3)c3ncnc(N)c23)cc1. The molecule has 2 aliphatic rings. The lowest BCUT2D eigenvalue weighted by molar-refractivity contribution is 0.0815. The van der Waals surface area contributed by atoms with Crippen LogP contribution in [-0.2, 0) is 6.54 Å². The van der Waals surface area contributed by atoms with Crippen molar-refractivity contribution in [3.05, 3.63) is 48.0 Å². The number of aryl methyl sites for hydroxylation is 1. The van der Waals surface area contributed by atoms with Gasteiger partial charge in [-0.25, -0.2) is 14.6 Å². The van der Waals surface area contributed by atoms with Gasteiger partial charge in [0.05, 0.1) is 17.6 Å². The van der Waals surface area contributed by atoms with Gasteiger partial charge in [0.1, 0.15) is 17.8 Å². The average Bonchev–Trinajstić information content (AvgIpc) is 3.52. The van der Waals surface area contributed by atoms with Crippen LogP contribution in [0.3, 0.4) is 0 Å². The predicted octanol–water partition coefficient (Wildman–Crippen LogP) is 3.45. The van der Waals surface area contributed by atoms with Gasteiger partial charge >= 0.3 is 0 Å². The molecule has 0 bridgehead atoms. The van der Waals surface area contributed by atoms with Crippen LogP contribution in [0.25, 0.3) is 22.3 Å². The summed E-state index contributed by atoms with van der Waals surface area (Å²) in [6.45, 7) is 7.44. The van der Waals surface area contributed by atoms with Gasteiger partial charge in [0.15, 0.2) is 5.65 Å². The lowest BCUT2D eigenvalue weighted by Crippen LogP contribution is -2.49. The molecule has 0 amide bonds. The van der Waals surface area contributed by atoms with Gasteiger partial charge < -0.3 is 16.0 Å². The zero-order valence-electron chi connectivity index (χ0n) is 21.7. The highest BCUT2D eigenvalue weighted by Crippen LogP contribution is 2.37. The molecule has 1 saturated heterocycles. The van der Waals surface area contributed by atoms with E-state index in [-0.39, 0.29) is 0 Å². The van der Waals surface area contributed by atoms with Crippen LogP contribution < -0.4 is 11.1 Å². The van der Waals surface area contributed by atoms with E-state index >= 15 is 0 Å². The summed E-state index contributed by atoms with van der Waals surface area (Å²) in [5.41, 5.74) is 12.4. The second-order valence-electron chi connectivity index (χ2n) is 10.5. The van der Waals surface area contributed by atoms with Gasteiger partial charge in [-0.2, -0.15) is 10.2 Å². The summed E-state index contributed by atoms with van der Waals surface area (Å²) in [6, 6.07) is 9.35. The van der Waals surface area contributed by atoms with Crippen LogP contribution in [0.2, 0.25) is 0 Å². The summed E-state index contributed by atoms with van der Waals surface area (Å²) in [7, 11) is 2.22. The van der Waals surface area contributed by atoms with E-state index in [2.05, 4.69) is 71.3 Å². The lowest BCUT2D eigenvalue weighted by Gasteiger charge is -2.41. The Labute approximate surface area is 217 Å². The fourth-order valence-corrected chi connectivity index (χ4v) is 5.80. The van der Waals surface area contributed by atoms with E-state index in [0.717, 1.165) is 58.6 Å². The van der Waals surface area contributed by atoms with Crippen molar-refractivity contribution in [1.82, 2.24) is 39.7 Å². The molecule has 194 valence electrons. The molecule has 4 N–H and O–H groups in total. The summed E-state index contributed by atoms with van der Waals surface area (Å²) in [6.07, 6.45) is 8.02. The second kappa shape index (κ2) is 10.1. The first-order chi connectivity index (χ1) is 18.1. The molecular formula is C27H36N10. The number of hydrogen-bond donors (Lipinski definition) is 3. The van der Waals surface area contributed by atoms with Crippen molar-refractivity contribution in [2.75, 3.05) is 44.3 Å². The maximum absolute atomic E-state index is 6.38. The van der Waals surface area contributed by atoms with Crippen LogP contribution in [0.15, 0.2) is 36.8 Å². The lowest BCUT2D eigenvalue weighted by atomic mass is 9.90. The van der Waals surface area contributed by atoms with Gasteiger partial charge in [0.2, 0.25) is 0 Å². The monoisotopic (exact) mass is 500 g/mol. The van der Waals surface area contributed by atoms with E-state index in [1.165, 1.54) is 39.0 Å². The zero-order chi connectivity index (χ0) is 25.4. The molecule has 0 atom stereocenters. The first kappa shape index (κ1) is 23.9. The fourth-order valence-electron chi connectivity index (χ4n) is 5.80. The molecule has 3 aromatic heterocycles. The zero-order valence-corrected chi connectivity index (χ0v) is 21.7. The van der Waals surface area contributed by atoms with Gasteiger partial charge in [0, 0.05) is 61.3 Å². The number of fused-ring (bicyclic) bond motifs is 1. The van der Waals surface area contributed by atoms with Gasteiger partial charge in [-0.3, -0.25) is 10.00 Å². The molecular weight excluding hydrogens is 464 g/mol. The smallest absolute Gasteiger partial charge is 0.164 e. The highest BCUT2D eigenvalue weighted by Gasteiger charge is 2.30. The van der Waals surface area contributed by atoms with E-state index < -0.39 is 0 Å². The van der Waals surface area contributed by atoms with Gasteiger partial charge in [0.25, 0.3) is 0 Å².